The molecule has 0 spiro atoms. The number of aliphatic hydroxyl groups excluding tert-OH is 1. The lowest BCUT2D eigenvalue weighted by Crippen LogP contribution is -2.50. The average Bonchev–Trinajstić information content (AvgIpc) is 2.97. The summed E-state index contributed by atoms with van der Waals surface area (Å²) in [5.41, 5.74) is 1.27. The van der Waals surface area contributed by atoms with Gasteiger partial charge in [0.05, 0.1) is 23.8 Å². The smallest absolute Gasteiger partial charge is 0.261 e. The second-order valence-corrected chi connectivity index (χ2v) is 8.10. The molecule has 2 aliphatic heterocycles. The zero-order chi connectivity index (χ0) is 21.3. The van der Waals surface area contributed by atoms with Crippen molar-refractivity contribution in [2.75, 3.05) is 39.3 Å². The number of hydrogen-bond acceptors (Lipinski definition) is 5. The fourth-order valence-electron chi connectivity index (χ4n) is 4.01. The Bertz CT molecular complexity index is 907. The molecular formula is C22H23ClFN3O3. The van der Waals surface area contributed by atoms with E-state index in [1.807, 2.05) is 0 Å². The lowest BCUT2D eigenvalue weighted by atomic mass is 10.1. The van der Waals surface area contributed by atoms with Gasteiger partial charge in [0.25, 0.3) is 11.8 Å². The van der Waals surface area contributed by atoms with Gasteiger partial charge in [-0.05, 0) is 24.3 Å². The van der Waals surface area contributed by atoms with Crippen LogP contribution in [0.5, 0.6) is 0 Å². The summed E-state index contributed by atoms with van der Waals surface area (Å²) in [5.74, 6) is -1.02. The number of aliphatic hydroxyl groups is 1. The Labute approximate surface area is 179 Å². The first-order valence-corrected chi connectivity index (χ1v) is 10.3. The van der Waals surface area contributed by atoms with Crippen molar-refractivity contribution in [3.8, 4) is 0 Å². The molecule has 1 unspecified atom stereocenters. The van der Waals surface area contributed by atoms with Crippen LogP contribution >= 0.6 is 11.6 Å². The van der Waals surface area contributed by atoms with E-state index in [9.17, 15) is 19.1 Å². The first-order valence-electron chi connectivity index (χ1n) is 9.95. The molecule has 0 saturated carbocycles. The zero-order valence-corrected chi connectivity index (χ0v) is 17.2. The maximum atomic E-state index is 14.0. The van der Waals surface area contributed by atoms with Gasteiger partial charge in [-0.25, -0.2) is 4.39 Å². The maximum Gasteiger partial charge on any atom is 0.261 e. The third-order valence-electron chi connectivity index (χ3n) is 5.65. The molecule has 0 radical (unpaired) electrons. The van der Waals surface area contributed by atoms with Crippen molar-refractivity contribution in [3.05, 3.63) is 70.0 Å². The van der Waals surface area contributed by atoms with E-state index in [-0.39, 0.29) is 24.2 Å². The number of halogens is 2. The van der Waals surface area contributed by atoms with Crippen LogP contribution in [0.1, 0.15) is 26.3 Å². The fourth-order valence-corrected chi connectivity index (χ4v) is 4.23. The van der Waals surface area contributed by atoms with E-state index in [0.29, 0.717) is 61.0 Å². The molecule has 0 bridgehead atoms. The van der Waals surface area contributed by atoms with Crippen molar-refractivity contribution in [1.29, 1.82) is 0 Å². The lowest BCUT2D eigenvalue weighted by molar-refractivity contribution is 0.0392. The summed E-state index contributed by atoms with van der Waals surface area (Å²) in [6, 6.07) is 11.4. The SMILES string of the molecule is O=C1c2ccccc2C(=O)N1CC(O)CN1CCN(Cc2c(F)cccc2Cl)CC1. The highest BCUT2D eigenvalue weighted by Crippen LogP contribution is 2.23. The van der Waals surface area contributed by atoms with Crippen molar-refractivity contribution in [2.24, 2.45) is 0 Å². The Kier molecular flexibility index (Phi) is 6.15. The molecule has 2 heterocycles. The molecule has 0 aliphatic carbocycles. The number of rotatable bonds is 6. The minimum absolute atomic E-state index is 0.0304. The molecule has 1 saturated heterocycles. The van der Waals surface area contributed by atoms with E-state index >= 15 is 0 Å². The van der Waals surface area contributed by atoms with Gasteiger partial charge in [0.15, 0.2) is 0 Å². The topological polar surface area (TPSA) is 64.1 Å². The number of nitrogens with zero attached hydrogens (tertiary/aromatic N) is 3. The molecule has 1 atom stereocenters. The van der Waals surface area contributed by atoms with Gasteiger partial charge in [0.1, 0.15) is 5.82 Å². The molecule has 6 nitrogen and oxygen atoms in total. The van der Waals surface area contributed by atoms with Crippen molar-refractivity contribution in [2.45, 2.75) is 12.6 Å². The van der Waals surface area contributed by atoms with Gasteiger partial charge in [-0.2, -0.15) is 0 Å². The van der Waals surface area contributed by atoms with Gasteiger partial charge in [0, 0.05) is 49.9 Å². The number of benzene rings is 2. The van der Waals surface area contributed by atoms with E-state index in [1.165, 1.54) is 6.07 Å². The van der Waals surface area contributed by atoms with Crippen LogP contribution in [0.4, 0.5) is 4.39 Å². The molecule has 2 aliphatic rings. The van der Waals surface area contributed by atoms with E-state index in [4.69, 9.17) is 11.6 Å². The maximum absolute atomic E-state index is 14.0. The molecule has 2 aromatic carbocycles. The summed E-state index contributed by atoms with van der Waals surface area (Å²) in [6.07, 6.45) is -0.834. The van der Waals surface area contributed by atoms with E-state index < -0.39 is 6.10 Å². The second kappa shape index (κ2) is 8.81. The first kappa shape index (κ1) is 20.9. The van der Waals surface area contributed by atoms with Crippen molar-refractivity contribution in [3.63, 3.8) is 0 Å². The van der Waals surface area contributed by atoms with Gasteiger partial charge in [-0.3, -0.25) is 24.3 Å². The predicted octanol–water partition coefficient (Wildman–Crippen LogP) is 2.25. The van der Waals surface area contributed by atoms with Crippen LogP contribution in [0.2, 0.25) is 5.02 Å². The molecule has 158 valence electrons. The highest BCUT2D eigenvalue weighted by Gasteiger charge is 2.36. The Balaban J connectivity index is 1.27. The fraction of sp³-hybridized carbons (Fsp3) is 0.364. The third kappa shape index (κ3) is 4.25. The summed E-state index contributed by atoms with van der Waals surface area (Å²) in [6.45, 7) is 3.60. The predicted molar refractivity (Wildman–Crippen MR) is 111 cm³/mol. The van der Waals surface area contributed by atoms with Crippen molar-refractivity contribution < 1.29 is 19.1 Å². The van der Waals surface area contributed by atoms with Gasteiger partial charge in [-0.15, -0.1) is 0 Å². The first-order chi connectivity index (χ1) is 14.4. The number of β-amino-alcohol motifs (C(OH)–C–C–N with tert-alkyl or cyclic N) is 1. The molecule has 0 aromatic heterocycles. The normalized spacial score (nSPS) is 18.7. The largest absolute Gasteiger partial charge is 0.390 e. The molecule has 4 rings (SSSR count). The Hall–Kier alpha value is -2.32. The minimum Gasteiger partial charge on any atom is -0.390 e. The number of fused-ring (bicyclic) bond motifs is 1. The highest BCUT2D eigenvalue weighted by atomic mass is 35.5. The van der Waals surface area contributed by atoms with E-state index in [0.717, 1.165) is 4.90 Å². The number of carbonyl (C=O) groups excluding carboxylic acids is 2. The number of piperazine rings is 1. The molecule has 30 heavy (non-hydrogen) atoms. The Morgan fingerprint density at radius 1 is 0.900 bits per heavy atom. The number of hydrogen-bond donors (Lipinski definition) is 1. The summed E-state index contributed by atoms with van der Waals surface area (Å²) in [4.78, 5) is 30.2. The Morgan fingerprint density at radius 2 is 1.50 bits per heavy atom. The second-order valence-electron chi connectivity index (χ2n) is 7.70. The zero-order valence-electron chi connectivity index (χ0n) is 16.4. The van der Waals surface area contributed by atoms with Gasteiger partial charge in [0.2, 0.25) is 0 Å². The van der Waals surface area contributed by atoms with Crippen molar-refractivity contribution in [1.82, 2.24) is 14.7 Å². The standard InChI is InChI=1S/C22H23ClFN3O3/c23-19-6-3-7-20(24)18(19)14-26-10-8-25(9-11-26)12-15(28)13-27-21(29)16-4-1-2-5-17(16)22(27)30/h1-7,15,28H,8-14H2. The quantitative estimate of drug-likeness (QED) is 0.711. The monoisotopic (exact) mass is 431 g/mol. The minimum atomic E-state index is -0.834. The van der Waals surface area contributed by atoms with Gasteiger partial charge < -0.3 is 5.11 Å². The van der Waals surface area contributed by atoms with Crippen LogP contribution in [0.25, 0.3) is 0 Å². The van der Waals surface area contributed by atoms with Crippen LogP contribution in [0.3, 0.4) is 0 Å². The van der Waals surface area contributed by atoms with Crippen molar-refractivity contribution >= 4 is 23.4 Å². The molecular weight excluding hydrogens is 409 g/mol. The summed E-state index contributed by atoms with van der Waals surface area (Å²) in [7, 11) is 0. The molecule has 2 aromatic rings. The van der Waals surface area contributed by atoms with Gasteiger partial charge in [-0.1, -0.05) is 29.8 Å². The van der Waals surface area contributed by atoms with Crippen LogP contribution in [0, 0.1) is 5.82 Å². The van der Waals surface area contributed by atoms with Gasteiger partial charge >= 0.3 is 0 Å². The summed E-state index contributed by atoms with van der Waals surface area (Å²) < 4.78 is 14.0. The molecule has 2 amide bonds. The van der Waals surface area contributed by atoms with Crippen LogP contribution in [-0.4, -0.2) is 77.0 Å². The lowest BCUT2D eigenvalue weighted by Gasteiger charge is -2.36. The average molecular weight is 432 g/mol. The highest BCUT2D eigenvalue weighted by molar-refractivity contribution is 6.31. The Morgan fingerprint density at radius 3 is 2.10 bits per heavy atom. The van der Waals surface area contributed by atoms with E-state index in [2.05, 4.69) is 9.80 Å². The number of carbonyl (C=O) groups is 2. The van der Waals surface area contributed by atoms with Crippen LogP contribution < -0.4 is 0 Å². The van der Waals surface area contributed by atoms with Crippen LogP contribution in [0.15, 0.2) is 42.5 Å². The third-order valence-corrected chi connectivity index (χ3v) is 6.00. The van der Waals surface area contributed by atoms with E-state index in [1.54, 1.807) is 36.4 Å². The molecule has 1 fully saturated rings. The molecule has 1 N–H and O–H groups in total. The molecule has 8 heteroatoms. The summed E-state index contributed by atoms with van der Waals surface area (Å²) >= 11 is 6.11. The van der Waals surface area contributed by atoms with Crippen LogP contribution in [-0.2, 0) is 6.54 Å². The summed E-state index contributed by atoms with van der Waals surface area (Å²) in [5, 5.41) is 10.9. The number of amides is 2. The number of imide groups is 1.